The normalized spacial score (nSPS) is 12.2. The van der Waals surface area contributed by atoms with Crippen LogP contribution in [0.15, 0.2) is 27.4 Å². The van der Waals surface area contributed by atoms with Crippen LogP contribution in [0.1, 0.15) is 18.9 Å². The van der Waals surface area contributed by atoms with Gasteiger partial charge in [-0.05, 0) is 31.0 Å². The zero-order chi connectivity index (χ0) is 13.3. The lowest BCUT2D eigenvalue weighted by Gasteiger charge is -2.10. The highest BCUT2D eigenvalue weighted by Crippen LogP contribution is 2.28. The molecule has 0 radical (unpaired) electrons. The largest absolute Gasteiger partial charge is 0.422 e. The van der Waals surface area contributed by atoms with Crippen molar-refractivity contribution < 1.29 is 4.42 Å². The molecule has 1 atom stereocenters. The van der Waals surface area contributed by atoms with Crippen molar-refractivity contribution in [3.05, 3.63) is 44.2 Å². The molecule has 0 fully saturated rings. The second kappa shape index (κ2) is 6.62. The Morgan fingerprint density at radius 1 is 1.37 bits per heavy atom. The molecule has 19 heavy (non-hydrogen) atoms. The molecule has 0 aliphatic rings. The van der Waals surface area contributed by atoms with Gasteiger partial charge in [0.2, 0.25) is 0 Å². The van der Waals surface area contributed by atoms with Crippen LogP contribution in [0.2, 0.25) is 10.0 Å². The fourth-order valence-electron chi connectivity index (χ4n) is 1.76. The van der Waals surface area contributed by atoms with Crippen molar-refractivity contribution in [1.82, 2.24) is 0 Å². The number of fused-ring (bicyclic) bond motifs is 1. The van der Waals surface area contributed by atoms with Gasteiger partial charge in [-0.2, -0.15) is 0 Å². The number of halogens is 3. The average molecular weight is 323 g/mol. The Hall–Kier alpha value is -0.740. The van der Waals surface area contributed by atoms with Gasteiger partial charge in [-0.3, -0.25) is 0 Å². The first-order valence-corrected chi connectivity index (χ1v) is 6.44. The Morgan fingerprint density at radius 2 is 2.05 bits per heavy atom. The molecule has 6 heteroatoms. The third-order valence-corrected chi connectivity index (χ3v) is 3.55. The topological polar surface area (TPSA) is 56.2 Å². The molecule has 0 amide bonds. The summed E-state index contributed by atoms with van der Waals surface area (Å²) in [6, 6.07) is 4.86. The van der Waals surface area contributed by atoms with Gasteiger partial charge in [0.05, 0.1) is 10.6 Å². The molecular weight excluding hydrogens is 309 g/mol. The van der Waals surface area contributed by atoms with Crippen LogP contribution in [0.3, 0.4) is 0 Å². The van der Waals surface area contributed by atoms with Gasteiger partial charge in [0.25, 0.3) is 0 Å². The standard InChI is InChI=1S/C13H13Cl2NO2.ClH/c1-2-8(16)6-10-12(15)9-5-7(14)3-4-11(9)18-13(10)17;/h3-5,8H,2,6,16H2,1H3;1H. The Kier molecular flexibility index (Phi) is 5.68. The molecule has 1 aromatic carbocycles. The molecule has 1 heterocycles. The second-order valence-electron chi connectivity index (χ2n) is 4.19. The van der Waals surface area contributed by atoms with E-state index in [-0.39, 0.29) is 18.4 Å². The molecule has 2 aromatic rings. The van der Waals surface area contributed by atoms with E-state index < -0.39 is 5.63 Å². The predicted molar refractivity (Wildman–Crippen MR) is 81.7 cm³/mol. The predicted octanol–water partition coefficient (Wildman–Crippen LogP) is 3.80. The number of hydrogen-bond acceptors (Lipinski definition) is 3. The second-order valence-corrected chi connectivity index (χ2v) is 5.01. The summed E-state index contributed by atoms with van der Waals surface area (Å²) in [6.07, 6.45) is 1.17. The fourth-order valence-corrected chi connectivity index (χ4v) is 2.23. The molecular formula is C13H14Cl3NO2. The first-order chi connectivity index (χ1) is 8.52. The lowest BCUT2D eigenvalue weighted by Crippen LogP contribution is -2.25. The maximum Gasteiger partial charge on any atom is 0.341 e. The van der Waals surface area contributed by atoms with Crippen molar-refractivity contribution >= 4 is 46.6 Å². The van der Waals surface area contributed by atoms with Crippen LogP contribution in [0.25, 0.3) is 11.0 Å². The third-order valence-electron chi connectivity index (χ3n) is 2.88. The van der Waals surface area contributed by atoms with E-state index in [0.717, 1.165) is 6.42 Å². The summed E-state index contributed by atoms with van der Waals surface area (Å²) in [5.74, 6) is 0. The zero-order valence-electron chi connectivity index (χ0n) is 10.3. The van der Waals surface area contributed by atoms with E-state index in [1.165, 1.54) is 0 Å². The maximum atomic E-state index is 11.9. The molecule has 0 saturated heterocycles. The first-order valence-electron chi connectivity index (χ1n) is 5.69. The Morgan fingerprint density at radius 3 is 2.68 bits per heavy atom. The molecule has 1 aromatic heterocycles. The summed E-state index contributed by atoms with van der Waals surface area (Å²) < 4.78 is 5.22. The van der Waals surface area contributed by atoms with Crippen molar-refractivity contribution in [3.8, 4) is 0 Å². The van der Waals surface area contributed by atoms with Gasteiger partial charge in [0.15, 0.2) is 0 Å². The lowest BCUT2D eigenvalue weighted by molar-refractivity contribution is 0.538. The van der Waals surface area contributed by atoms with Crippen molar-refractivity contribution in [2.75, 3.05) is 0 Å². The van der Waals surface area contributed by atoms with Gasteiger partial charge in [0.1, 0.15) is 5.58 Å². The van der Waals surface area contributed by atoms with E-state index in [9.17, 15) is 4.79 Å². The van der Waals surface area contributed by atoms with E-state index in [1.54, 1.807) is 18.2 Å². The van der Waals surface area contributed by atoms with Gasteiger partial charge < -0.3 is 10.2 Å². The highest BCUT2D eigenvalue weighted by atomic mass is 35.5. The summed E-state index contributed by atoms with van der Waals surface area (Å²) in [6.45, 7) is 1.96. The summed E-state index contributed by atoms with van der Waals surface area (Å²) in [4.78, 5) is 11.9. The monoisotopic (exact) mass is 321 g/mol. The Bertz CT molecular complexity index is 640. The van der Waals surface area contributed by atoms with Gasteiger partial charge >= 0.3 is 5.63 Å². The van der Waals surface area contributed by atoms with Gasteiger partial charge in [-0.25, -0.2) is 4.79 Å². The molecule has 3 nitrogen and oxygen atoms in total. The fraction of sp³-hybridized carbons (Fsp3) is 0.308. The van der Waals surface area contributed by atoms with E-state index in [2.05, 4.69) is 0 Å². The first kappa shape index (κ1) is 16.3. The molecule has 104 valence electrons. The van der Waals surface area contributed by atoms with Crippen LogP contribution >= 0.6 is 35.6 Å². The molecule has 1 unspecified atom stereocenters. The van der Waals surface area contributed by atoms with Crippen LogP contribution in [0.4, 0.5) is 0 Å². The quantitative estimate of drug-likeness (QED) is 0.874. The van der Waals surface area contributed by atoms with Crippen LogP contribution in [0, 0.1) is 0 Å². The minimum atomic E-state index is -0.432. The highest BCUT2D eigenvalue weighted by Gasteiger charge is 2.15. The number of hydrogen-bond donors (Lipinski definition) is 1. The molecule has 2 rings (SSSR count). The minimum Gasteiger partial charge on any atom is -0.422 e. The van der Waals surface area contributed by atoms with Crippen molar-refractivity contribution in [2.45, 2.75) is 25.8 Å². The third kappa shape index (κ3) is 3.42. The molecule has 0 bridgehead atoms. The maximum absolute atomic E-state index is 11.9. The lowest BCUT2D eigenvalue weighted by atomic mass is 10.0. The molecule has 2 N–H and O–H groups in total. The summed E-state index contributed by atoms with van der Waals surface area (Å²) in [5.41, 5.74) is 6.27. The van der Waals surface area contributed by atoms with Gasteiger partial charge in [-0.1, -0.05) is 30.1 Å². The van der Waals surface area contributed by atoms with Crippen molar-refractivity contribution in [1.29, 1.82) is 0 Å². The smallest absolute Gasteiger partial charge is 0.341 e. The molecule has 0 aliphatic heterocycles. The number of benzene rings is 1. The molecule has 0 saturated carbocycles. The van der Waals surface area contributed by atoms with E-state index in [0.29, 0.717) is 33.0 Å². The molecule has 0 aliphatic carbocycles. The van der Waals surface area contributed by atoms with Crippen molar-refractivity contribution in [3.63, 3.8) is 0 Å². The van der Waals surface area contributed by atoms with Crippen LogP contribution < -0.4 is 11.4 Å². The van der Waals surface area contributed by atoms with Crippen molar-refractivity contribution in [2.24, 2.45) is 5.73 Å². The summed E-state index contributed by atoms with van der Waals surface area (Å²) in [7, 11) is 0. The van der Waals surface area contributed by atoms with Crippen LogP contribution in [-0.4, -0.2) is 6.04 Å². The SMILES string of the molecule is CCC(N)Cc1c(Cl)c2cc(Cl)ccc2oc1=O.Cl. The zero-order valence-corrected chi connectivity index (χ0v) is 12.6. The Balaban J connectivity index is 0.00000180. The summed E-state index contributed by atoms with van der Waals surface area (Å²) >= 11 is 12.2. The van der Waals surface area contributed by atoms with Gasteiger partial charge in [0, 0.05) is 16.5 Å². The highest BCUT2D eigenvalue weighted by molar-refractivity contribution is 6.37. The van der Waals surface area contributed by atoms with Crippen LogP contribution in [-0.2, 0) is 6.42 Å². The number of rotatable bonds is 3. The summed E-state index contributed by atoms with van der Waals surface area (Å²) in [5, 5.41) is 1.57. The van der Waals surface area contributed by atoms with Crippen LogP contribution in [0.5, 0.6) is 0 Å². The minimum absolute atomic E-state index is 0. The van der Waals surface area contributed by atoms with Gasteiger partial charge in [-0.15, -0.1) is 12.4 Å². The Labute approximate surface area is 127 Å². The number of nitrogens with two attached hydrogens (primary N) is 1. The average Bonchev–Trinajstić information content (AvgIpc) is 2.35. The van der Waals surface area contributed by atoms with E-state index >= 15 is 0 Å². The van der Waals surface area contributed by atoms with E-state index in [1.807, 2.05) is 6.92 Å². The molecule has 0 spiro atoms. The van der Waals surface area contributed by atoms with E-state index in [4.69, 9.17) is 33.4 Å².